The second-order valence-corrected chi connectivity index (χ2v) is 7.35. The number of benzene rings is 2. The minimum atomic E-state index is -0.999. The molecule has 3 aromatic rings. The second kappa shape index (κ2) is 8.87. The van der Waals surface area contributed by atoms with Crippen molar-refractivity contribution in [3.05, 3.63) is 59.2 Å². The first kappa shape index (κ1) is 21.2. The van der Waals surface area contributed by atoms with Crippen molar-refractivity contribution in [3.63, 3.8) is 0 Å². The molecule has 0 atom stereocenters. The molecule has 0 spiro atoms. The van der Waals surface area contributed by atoms with Crippen LogP contribution in [0, 0.1) is 23.3 Å². The number of rotatable bonds is 7. The average Bonchev–Trinajstić information content (AvgIpc) is 3.09. The van der Waals surface area contributed by atoms with Crippen molar-refractivity contribution in [1.29, 1.82) is 0 Å². The Morgan fingerprint density at radius 3 is 2.31 bits per heavy atom. The maximum Gasteiger partial charge on any atom is 0.263 e. The Bertz CT molecular complexity index is 1040. The van der Waals surface area contributed by atoms with E-state index in [-0.39, 0.29) is 27.5 Å². The quantitative estimate of drug-likeness (QED) is 0.508. The molecule has 1 heterocycles. The zero-order valence-corrected chi connectivity index (χ0v) is 16.7. The normalized spacial score (nSPS) is 11.4. The number of carbonyl (C=O) groups is 1. The van der Waals surface area contributed by atoms with Gasteiger partial charge in [0.2, 0.25) is 0 Å². The number of fused-ring (bicyclic) bond motifs is 1. The summed E-state index contributed by atoms with van der Waals surface area (Å²) in [5.74, 6) is -4.12. The lowest BCUT2D eigenvalue weighted by atomic mass is 10.2. The van der Waals surface area contributed by atoms with Crippen molar-refractivity contribution >= 4 is 32.6 Å². The van der Waals surface area contributed by atoms with Gasteiger partial charge in [0.25, 0.3) is 5.91 Å². The van der Waals surface area contributed by atoms with Crippen LogP contribution in [0.1, 0.15) is 24.2 Å². The van der Waals surface area contributed by atoms with E-state index in [1.54, 1.807) is 0 Å². The highest BCUT2D eigenvalue weighted by Gasteiger charge is 2.25. The molecule has 4 nitrogen and oxygen atoms in total. The molecular weight excluding hydrogens is 406 g/mol. The molecular formula is C20H19F4N3OS. The van der Waals surface area contributed by atoms with Crippen molar-refractivity contribution in [2.45, 2.75) is 13.8 Å². The highest BCUT2D eigenvalue weighted by Crippen LogP contribution is 2.32. The van der Waals surface area contributed by atoms with Crippen LogP contribution in [0.4, 0.5) is 22.7 Å². The lowest BCUT2D eigenvalue weighted by molar-refractivity contribution is 0.0980. The van der Waals surface area contributed by atoms with Gasteiger partial charge in [-0.1, -0.05) is 25.2 Å². The van der Waals surface area contributed by atoms with E-state index in [0.29, 0.717) is 18.7 Å². The van der Waals surface area contributed by atoms with Crippen LogP contribution in [0.2, 0.25) is 0 Å². The van der Waals surface area contributed by atoms with Crippen LogP contribution in [0.15, 0.2) is 30.3 Å². The van der Waals surface area contributed by atoms with Gasteiger partial charge in [0.15, 0.2) is 10.9 Å². The van der Waals surface area contributed by atoms with E-state index in [2.05, 4.69) is 9.88 Å². The monoisotopic (exact) mass is 425 g/mol. The third-order valence-corrected chi connectivity index (χ3v) is 5.60. The number of aromatic nitrogens is 1. The van der Waals surface area contributed by atoms with Crippen LogP contribution in [0.3, 0.4) is 0 Å². The maximum atomic E-state index is 14.2. The number of likely N-dealkylation sites (N-methyl/N-ethyl adjacent to an activating group) is 1. The van der Waals surface area contributed by atoms with E-state index in [0.717, 1.165) is 42.6 Å². The van der Waals surface area contributed by atoms with Crippen LogP contribution in [-0.2, 0) is 0 Å². The van der Waals surface area contributed by atoms with Gasteiger partial charge in [-0.05, 0) is 31.3 Å². The first-order chi connectivity index (χ1) is 13.8. The third-order valence-electron chi connectivity index (χ3n) is 4.57. The minimum Gasteiger partial charge on any atom is -0.302 e. The predicted molar refractivity (Wildman–Crippen MR) is 105 cm³/mol. The molecule has 154 valence electrons. The van der Waals surface area contributed by atoms with E-state index in [1.807, 2.05) is 13.8 Å². The molecule has 2 aromatic carbocycles. The highest BCUT2D eigenvalue weighted by atomic mass is 32.1. The largest absolute Gasteiger partial charge is 0.302 e. The van der Waals surface area contributed by atoms with E-state index < -0.39 is 29.2 Å². The van der Waals surface area contributed by atoms with E-state index in [4.69, 9.17) is 0 Å². The van der Waals surface area contributed by atoms with E-state index in [9.17, 15) is 22.4 Å². The lowest BCUT2D eigenvalue weighted by Crippen LogP contribution is -2.39. The SMILES string of the molecule is CCN(CC)CCN(C(=O)c1ccc(F)cc1F)c1nc2c(F)cc(F)cc2s1. The predicted octanol–water partition coefficient (Wildman–Crippen LogP) is 4.84. The standard InChI is InChI=1S/C20H19F4N3OS/c1-3-26(4-2)7-8-27(19(28)14-6-5-12(21)9-15(14)23)20-25-18-16(24)10-13(22)11-17(18)29-20/h5-6,9-11H,3-4,7-8H2,1-2H3. The van der Waals surface area contributed by atoms with Crippen molar-refractivity contribution in [3.8, 4) is 0 Å². The summed E-state index contributed by atoms with van der Waals surface area (Å²) in [6.45, 7) is 6.03. The third kappa shape index (κ3) is 4.56. The number of thiazole rings is 1. The summed E-state index contributed by atoms with van der Waals surface area (Å²) >= 11 is 0.932. The Labute approximate surface area is 169 Å². The van der Waals surface area contributed by atoms with E-state index in [1.165, 1.54) is 4.90 Å². The van der Waals surface area contributed by atoms with Crippen LogP contribution < -0.4 is 4.90 Å². The molecule has 29 heavy (non-hydrogen) atoms. The summed E-state index contributed by atoms with van der Waals surface area (Å²) in [4.78, 5) is 20.5. The first-order valence-corrected chi connectivity index (χ1v) is 9.90. The molecule has 0 saturated carbocycles. The fraction of sp³-hybridized carbons (Fsp3) is 0.300. The van der Waals surface area contributed by atoms with E-state index >= 15 is 0 Å². The molecule has 0 unspecified atom stereocenters. The smallest absolute Gasteiger partial charge is 0.263 e. The van der Waals surface area contributed by atoms with Gasteiger partial charge in [-0.2, -0.15) is 0 Å². The molecule has 0 N–H and O–H groups in total. The van der Waals surface area contributed by atoms with Crippen molar-refractivity contribution in [2.75, 3.05) is 31.1 Å². The molecule has 0 bridgehead atoms. The van der Waals surface area contributed by atoms with Crippen LogP contribution in [0.25, 0.3) is 10.2 Å². The molecule has 0 fully saturated rings. The van der Waals surface area contributed by atoms with Crippen LogP contribution >= 0.6 is 11.3 Å². The summed E-state index contributed by atoms with van der Waals surface area (Å²) in [6.07, 6.45) is 0. The first-order valence-electron chi connectivity index (χ1n) is 9.08. The van der Waals surface area contributed by atoms with Gasteiger partial charge < -0.3 is 4.90 Å². The highest BCUT2D eigenvalue weighted by molar-refractivity contribution is 7.22. The number of nitrogens with zero attached hydrogens (tertiary/aromatic N) is 3. The van der Waals surface area contributed by atoms with Crippen LogP contribution in [0.5, 0.6) is 0 Å². The Kier molecular flexibility index (Phi) is 6.49. The topological polar surface area (TPSA) is 36.4 Å². The van der Waals surface area contributed by atoms with Gasteiger partial charge in [-0.15, -0.1) is 0 Å². The molecule has 0 saturated heterocycles. The Morgan fingerprint density at radius 2 is 1.66 bits per heavy atom. The molecule has 0 aliphatic heterocycles. The van der Waals surface area contributed by atoms with Crippen LogP contribution in [-0.4, -0.2) is 42.0 Å². The molecule has 0 aliphatic rings. The zero-order chi connectivity index (χ0) is 21.1. The zero-order valence-electron chi connectivity index (χ0n) is 15.9. The number of amides is 1. The van der Waals surface area contributed by atoms with Gasteiger partial charge in [-0.3, -0.25) is 9.69 Å². The van der Waals surface area contributed by atoms with Gasteiger partial charge >= 0.3 is 0 Å². The summed E-state index contributed by atoms with van der Waals surface area (Å²) < 4.78 is 55.3. The van der Waals surface area contributed by atoms with Gasteiger partial charge in [0.1, 0.15) is 23.0 Å². The fourth-order valence-electron chi connectivity index (χ4n) is 2.93. The fourth-order valence-corrected chi connectivity index (χ4v) is 3.96. The number of halogens is 4. The van der Waals surface area contributed by atoms with Gasteiger partial charge in [0.05, 0.1) is 10.3 Å². The Balaban J connectivity index is 2.02. The van der Waals surface area contributed by atoms with Crippen molar-refractivity contribution in [1.82, 2.24) is 9.88 Å². The summed E-state index contributed by atoms with van der Waals surface area (Å²) in [5, 5.41) is 0.116. The second-order valence-electron chi connectivity index (χ2n) is 6.34. The van der Waals surface area contributed by atoms with Crippen molar-refractivity contribution < 1.29 is 22.4 Å². The van der Waals surface area contributed by atoms with Crippen molar-refractivity contribution in [2.24, 2.45) is 0 Å². The number of hydrogen-bond donors (Lipinski definition) is 0. The molecule has 3 rings (SSSR count). The number of hydrogen-bond acceptors (Lipinski definition) is 4. The Morgan fingerprint density at radius 1 is 0.966 bits per heavy atom. The number of carbonyl (C=O) groups excluding carboxylic acids is 1. The maximum absolute atomic E-state index is 14.2. The molecule has 9 heteroatoms. The number of anilines is 1. The Hall–Kier alpha value is -2.52. The minimum absolute atomic E-state index is 0.0633. The summed E-state index contributed by atoms with van der Waals surface area (Å²) in [5.41, 5.74) is -0.386. The summed E-state index contributed by atoms with van der Waals surface area (Å²) in [6, 6.07) is 4.53. The molecule has 1 amide bonds. The van der Waals surface area contributed by atoms with Gasteiger partial charge in [0, 0.05) is 25.2 Å². The lowest BCUT2D eigenvalue weighted by Gasteiger charge is -2.24. The molecule has 0 aliphatic carbocycles. The molecule has 0 radical (unpaired) electrons. The van der Waals surface area contributed by atoms with Gasteiger partial charge in [-0.25, -0.2) is 22.5 Å². The average molecular weight is 425 g/mol. The molecule has 1 aromatic heterocycles. The summed E-state index contributed by atoms with van der Waals surface area (Å²) in [7, 11) is 0.